The lowest BCUT2D eigenvalue weighted by atomic mass is 10.0. The number of carbonyl (C=O) groups excluding carboxylic acids is 2. The van der Waals surface area contributed by atoms with E-state index in [0.717, 1.165) is 36.3 Å². The topological polar surface area (TPSA) is 37.4 Å². The molecule has 0 saturated heterocycles. The number of hydrogen-bond donors (Lipinski definition) is 0. The molecule has 3 nitrogen and oxygen atoms in total. The highest BCUT2D eigenvalue weighted by molar-refractivity contribution is 8.01. The number of amides is 1. The van der Waals surface area contributed by atoms with Gasteiger partial charge in [0.05, 0.1) is 5.69 Å². The number of fused-ring (bicyclic) bond motifs is 1. The first-order chi connectivity index (χ1) is 12.8. The second-order valence-electron chi connectivity index (χ2n) is 7.05. The predicted octanol–water partition coefficient (Wildman–Crippen LogP) is 5.10. The maximum Gasteiger partial charge on any atom is 0.248 e. The van der Waals surface area contributed by atoms with Crippen molar-refractivity contribution >= 4 is 29.1 Å². The van der Waals surface area contributed by atoms with E-state index >= 15 is 0 Å². The van der Waals surface area contributed by atoms with Gasteiger partial charge in [0.2, 0.25) is 5.91 Å². The van der Waals surface area contributed by atoms with Crippen molar-refractivity contribution in [1.82, 2.24) is 0 Å². The van der Waals surface area contributed by atoms with Crippen LogP contribution in [0.5, 0.6) is 0 Å². The highest BCUT2D eigenvalue weighted by atomic mass is 32.2. The number of anilines is 1. The van der Waals surface area contributed by atoms with Crippen LogP contribution in [0.25, 0.3) is 0 Å². The molecule has 1 atom stereocenters. The zero-order valence-electron chi connectivity index (χ0n) is 14.8. The first-order valence-corrected chi connectivity index (χ1v) is 10.3. The predicted molar refractivity (Wildman–Crippen MR) is 106 cm³/mol. The molecule has 1 heterocycles. The number of nitrogens with zero attached hydrogens (tertiary/aromatic N) is 1. The van der Waals surface area contributed by atoms with Crippen LogP contribution in [-0.2, 0) is 4.79 Å². The van der Waals surface area contributed by atoms with Crippen molar-refractivity contribution in [1.29, 1.82) is 0 Å². The number of para-hydroxylation sites is 1. The Bertz CT molecular complexity index is 797. The van der Waals surface area contributed by atoms with Gasteiger partial charge in [-0.25, -0.2) is 0 Å². The minimum atomic E-state index is -0.685. The summed E-state index contributed by atoms with van der Waals surface area (Å²) >= 11 is 1.40. The number of ketones is 1. The molecule has 0 spiro atoms. The molecule has 1 unspecified atom stereocenters. The molecule has 2 aromatic rings. The first-order valence-electron chi connectivity index (χ1n) is 9.44. The second kappa shape index (κ2) is 7.67. The molecule has 0 N–H and O–H groups in total. The Hall–Kier alpha value is -2.07. The highest BCUT2D eigenvalue weighted by Crippen LogP contribution is 2.42. The van der Waals surface area contributed by atoms with E-state index in [1.165, 1.54) is 24.6 Å². The molecule has 2 aliphatic rings. The Balaban J connectivity index is 1.70. The smallest absolute Gasteiger partial charge is 0.248 e. The molecule has 0 radical (unpaired) electrons. The summed E-state index contributed by atoms with van der Waals surface area (Å²) in [6.45, 7) is 0. The Morgan fingerprint density at radius 2 is 1.54 bits per heavy atom. The van der Waals surface area contributed by atoms with Crippen molar-refractivity contribution in [3.8, 4) is 0 Å². The third-order valence-electron chi connectivity index (χ3n) is 5.32. The van der Waals surface area contributed by atoms with Crippen molar-refractivity contribution in [2.24, 2.45) is 0 Å². The minimum Gasteiger partial charge on any atom is -0.307 e. The molecule has 0 aromatic heterocycles. The van der Waals surface area contributed by atoms with Gasteiger partial charge in [-0.3, -0.25) is 9.59 Å². The lowest BCUT2D eigenvalue weighted by molar-refractivity contribution is -0.118. The van der Waals surface area contributed by atoms with Gasteiger partial charge in [0.15, 0.2) is 11.0 Å². The van der Waals surface area contributed by atoms with E-state index in [9.17, 15) is 9.59 Å². The van der Waals surface area contributed by atoms with Crippen LogP contribution in [-0.4, -0.2) is 23.0 Å². The van der Waals surface area contributed by atoms with E-state index in [1.807, 2.05) is 47.4 Å². The fourth-order valence-corrected chi connectivity index (χ4v) is 5.15. The summed E-state index contributed by atoms with van der Waals surface area (Å²) in [7, 11) is 0. The van der Waals surface area contributed by atoms with Crippen molar-refractivity contribution in [2.45, 2.75) is 54.7 Å². The van der Waals surface area contributed by atoms with Crippen LogP contribution in [0.4, 0.5) is 5.69 Å². The summed E-state index contributed by atoms with van der Waals surface area (Å²) in [5.74, 6) is -0.136. The van der Waals surface area contributed by atoms with Crippen LogP contribution in [0.15, 0.2) is 59.5 Å². The Kier molecular flexibility index (Phi) is 5.11. The van der Waals surface area contributed by atoms with Crippen LogP contribution in [0, 0.1) is 0 Å². The van der Waals surface area contributed by atoms with Gasteiger partial charge in [0.25, 0.3) is 0 Å². The second-order valence-corrected chi connectivity index (χ2v) is 8.20. The quantitative estimate of drug-likeness (QED) is 0.431. The molecular weight excluding hydrogens is 342 g/mol. The standard InChI is InChI=1S/C22H23NO2S/c24-20(16-10-4-3-5-11-16)21-22(25)23(17-12-6-1-2-7-13-17)18-14-8-9-15-19(18)26-21/h3-5,8-11,14-15,17,21H,1-2,6-7,12-13H2. The Morgan fingerprint density at radius 3 is 2.27 bits per heavy atom. The average Bonchev–Trinajstić information content (AvgIpc) is 2.97. The average molecular weight is 365 g/mol. The highest BCUT2D eigenvalue weighted by Gasteiger charge is 2.41. The number of benzene rings is 2. The van der Waals surface area contributed by atoms with Gasteiger partial charge >= 0.3 is 0 Å². The zero-order valence-corrected chi connectivity index (χ0v) is 15.6. The van der Waals surface area contributed by atoms with Gasteiger partial charge < -0.3 is 4.90 Å². The molecule has 1 saturated carbocycles. The van der Waals surface area contributed by atoms with Gasteiger partial charge in [-0.05, 0) is 25.0 Å². The number of carbonyl (C=O) groups is 2. The van der Waals surface area contributed by atoms with Crippen LogP contribution < -0.4 is 4.90 Å². The van der Waals surface area contributed by atoms with Crippen LogP contribution in [0.1, 0.15) is 48.9 Å². The zero-order chi connectivity index (χ0) is 17.9. The normalized spacial score (nSPS) is 21.2. The molecule has 1 aliphatic carbocycles. The number of hydrogen-bond acceptors (Lipinski definition) is 3. The van der Waals surface area contributed by atoms with Crippen LogP contribution >= 0.6 is 11.8 Å². The van der Waals surface area contributed by atoms with E-state index < -0.39 is 5.25 Å². The molecule has 4 rings (SSSR count). The largest absolute Gasteiger partial charge is 0.307 e. The van der Waals surface area contributed by atoms with E-state index in [4.69, 9.17) is 0 Å². The molecule has 134 valence electrons. The number of thioether (sulfide) groups is 1. The Morgan fingerprint density at radius 1 is 0.885 bits per heavy atom. The molecule has 1 amide bonds. The van der Waals surface area contributed by atoms with Gasteiger partial charge in [-0.15, -0.1) is 11.8 Å². The van der Waals surface area contributed by atoms with Crippen molar-refractivity contribution in [2.75, 3.05) is 4.90 Å². The van der Waals surface area contributed by atoms with E-state index in [1.54, 1.807) is 12.1 Å². The summed E-state index contributed by atoms with van der Waals surface area (Å²) in [5.41, 5.74) is 1.59. The first kappa shape index (κ1) is 17.3. The molecule has 4 heteroatoms. The number of rotatable bonds is 3. The summed E-state index contributed by atoms with van der Waals surface area (Å²) in [4.78, 5) is 29.4. The van der Waals surface area contributed by atoms with E-state index in [-0.39, 0.29) is 17.7 Å². The van der Waals surface area contributed by atoms with E-state index in [2.05, 4.69) is 0 Å². The Labute approximate surface area is 158 Å². The molecular formula is C22H23NO2S. The lowest BCUT2D eigenvalue weighted by Crippen LogP contribution is -2.49. The van der Waals surface area contributed by atoms with Crippen molar-refractivity contribution in [3.05, 3.63) is 60.2 Å². The number of Topliss-reactive ketones (excluding diaryl/α,β-unsaturated/α-hetero) is 1. The molecule has 26 heavy (non-hydrogen) atoms. The van der Waals surface area contributed by atoms with Crippen LogP contribution in [0.2, 0.25) is 0 Å². The lowest BCUT2D eigenvalue weighted by Gasteiger charge is -2.38. The summed E-state index contributed by atoms with van der Waals surface area (Å²) in [6, 6.07) is 17.4. The molecule has 1 fully saturated rings. The van der Waals surface area contributed by atoms with Gasteiger partial charge in [0.1, 0.15) is 0 Å². The van der Waals surface area contributed by atoms with Crippen LogP contribution in [0.3, 0.4) is 0 Å². The molecule has 0 bridgehead atoms. The maximum atomic E-state index is 13.4. The van der Waals surface area contributed by atoms with Gasteiger partial charge in [-0.1, -0.05) is 68.1 Å². The molecule has 2 aromatic carbocycles. The summed E-state index contributed by atoms with van der Waals surface area (Å²) < 4.78 is 0. The third-order valence-corrected chi connectivity index (χ3v) is 6.57. The van der Waals surface area contributed by atoms with E-state index in [0.29, 0.717) is 5.56 Å². The van der Waals surface area contributed by atoms with Crippen molar-refractivity contribution in [3.63, 3.8) is 0 Å². The summed E-state index contributed by atoms with van der Waals surface area (Å²) in [5, 5.41) is -0.685. The SMILES string of the molecule is O=C(c1ccccc1)C1Sc2ccccc2N(C2CCCCCC2)C1=O. The third kappa shape index (κ3) is 3.30. The van der Waals surface area contributed by atoms with Gasteiger partial charge in [0, 0.05) is 16.5 Å². The van der Waals surface area contributed by atoms with Gasteiger partial charge in [-0.2, -0.15) is 0 Å². The monoisotopic (exact) mass is 365 g/mol. The molecule has 1 aliphatic heterocycles. The fraction of sp³-hybridized carbons (Fsp3) is 0.364. The fourth-order valence-electron chi connectivity index (χ4n) is 3.99. The summed E-state index contributed by atoms with van der Waals surface area (Å²) in [6.07, 6.45) is 6.83. The minimum absolute atomic E-state index is 0.0468. The maximum absolute atomic E-state index is 13.4. The van der Waals surface area contributed by atoms with Crippen molar-refractivity contribution < 1.29 is 9.59 Å².